The molecule has 0 radical (unpaired) electrons. The maximum Gasteiger partial charge on any atom is 0.306 e. The van der Waals surface area contributed by atoms with Gasteiger partial charge in [-0.2, -0.15) is 0 Å². The van der Waals surface area contributed by atoms with Crippen LogP contribution in [-0.2, 0) is 28.6 Å². The van der Waals surface area contributed by atoms with Crippen LogP contribution in [0.5, 0.6) is 0 Å². The normalized spacial score (nSPS) is 13.2. The Hall–Kier alpha value is -5.23. The lowest BCUT2D eigenvalue weighted by Gasteiger charge is -2.18. The van der Waals surface area contributed by atoms with Gasteiger partial charge >= 0.3 is 17.9 Å². The van der Waals surface area contributed by atoms with Crippen molar-refractivity contribution in [2.75, 3.05) is 13.2 Å². The largest absolute Gasteiger partial charge is 0.462 e. The van der Waals surface area contributed by atoms with Crippen LogP contribution in [0.2, 0.25) is 0 Å². The Bertz CT molecular complexity index is 1890. The number of hydrogen-bond donors (Lipinski definition) is 0. The number of hydrogen-bond acceptors (Lipinski definition) is 6. The summed E-state index contributed by atoms with van der Waals surface area (Å²) in [4.78, 5) is 38.3. The molecule has 0 heterocycles. The lowest BCUT2D eigenvalue weighted by molar-refractivity contribution is -0.166. The molecule has 0 saturated carbocycles. The first kappa shape index (κ1) is 77.8. The maximum absolute atomic E-state index is 12.9. The SMILES string of the molecule is CC/C=C\C/C=C\C/C=C\C/C=C\C/C=C\C/C=C\C/C=C\C/C=C\CCCCCCCCCCCCC(=O)OCC(COC(=O)CC/C=C\C/C=C\C/C=C\C/C=C\CC)OC(=O)CCCCCCCCC/C=C\C/C=C\CCCCC. The topological polar surface area (TPSA) is 78.9 Å². The lowest BCUT2D eigenvalue weighted by atomic mass is 10.1. The minimum absolute atomic E-state index is 0.112. The third-order valence-electron chi connectivity index (χ3n) is 13.7. The molecule has 0 aromatic carbocycles. The molecule has 0 rings (SSSR count). The molecule has 0 bridgehead atoms. The van der Waals surface area contributed by atoms with Gasteiger partial charge in [-0.05, 0) is 141 Å². The van der Waals surface area contributed by atoms with Crippen molar-refractivity contribution in [2.45, 2.75) is 284 Å². The summed E-state index contributed by atoms with van der Waals surface area (Å²) in [6.45, 7) is 6.31. The van der Waals surface area contributed by atoms with Crippen LogP contribution < -0.4 is 0 Å². The fraction of sp³-hybridized carbons (Fsp3) is 0.597. The fourth-order valence-corrected chi connectivity index (χ4v) is 8.74. The summed E-state index contributed by atoms with van der Waals surface area (Å²) in [5.74, 6) is -1.01. The number of unbranched alkanes of at least 4 members (excludes halogenated alkanes) is 20. The van der Waals surface area contributed by atoms with Gasteiger partial charge in [0.05, 0.1) is 0 Å². The first-order chi connectivity index (χ1) is 41.0. The second-order valence-corrected chi connectivity index (χ2v) is 21.6. The van der Waals surface area contributed by atoms with Gasteiger partial charge in [0, 0.05) is 19.3 Å². The second-order valence-electron chi connectivity index (χ2n) is 21.6. The standard InChI is InChI=1S/C77H122O6/c1-4-7-10-13-16-19-22-25-27-29-30-31-32-33-34-35-36-37-38-39-40-41-42-43-44-45-46-48-49-52-55-58-61-64-67-70-76(79)82-73-74(72-81-75(78)69-66-63-60-57-54-51-24-21-18-15-12-9-6-3)83-77(80)71-68-65-62-59-56-53-50-47-28-26-23-20-17-14-11-8-5-2/h7,9-10,12,16-21,25-28,30-31,33-34,36-37,39-40,42-43,51,54,60,63,74H,4-6,8,11,13-15,22-24,29,32,35,38,41,44-50,52-53,55-59,61-62,64-73H2,1-3H3/b10-7-,12-9-,19-16-,20-17-,21-18-,27-25-,28-26-,31-30-,34-33-,37-36-,40-39-,43-42-,54-51-,63-60-. The number of esters is 3. The van der Waals surface area contributed by atoms with Gasteiger partial charge in [-0.25, -0.2) is 0 Å². The molecule has 0 aliphatic rings. The third kappa shape index (κ3) is 67.4. The fourth-order valence-electron chi connectivity index (χ4n) is 8.74. The summed E-state index contributed by atoms with van der Waals surface area (Å²) in [6, 6.07) is 0. The molecule has 0 fully saturated rings. The Morgan fingerprint density at radius 3 is 0.807 bits per heavy atom. The molecule has 1 unspecified atom stereocenters. The van der Waals surface area contributed by atoms with E-state index in [-0.39, 0.29) is 37.5 Å². The molecule has 83 heavy (non-hydrogen) atoms. The Morgan fingerprint density at radius 1 is 0.253 bits per heavy atom. The minimum Gasteiger partial charge on any atom is -0.462 e. The van der Waals surface area contributed by atoms with E-state index in [4.69, 9.17) is 14.2 Å². The highest BCUT2D eigenvalue weighted by Crippen LogP contribution is 2.15. The molecule has 0 saturated heterocycles. The van der Waals surface area contributed by atoms with E-state index in [1.54, 1.807) is 0 Å². The summed E-state index contributed by atoms with van der Waals surface area (Å²) < 4.78 is 16.8. The zero-order valence-electron chi connectivity index (χ0n) is 53.4. The molecule has 1 atom stereocenters. The summed E-state index contributed by atoms with van der Waals surface area (Å²) in [5.41, 5.74) is 0. The Kier molecular flexibility index (Phi) is 64.9. The van der Waals surface area contributed by atoms with Gasteiger partial charge in [-0.15, -0.1) is 0 Å². The van der Waals surface area contributed by atoms with Gasteiger partial charge in [0.1, 0.15) is 13.2 Å². The highest BCUT2D eigenvalue weighted by atomic mass is 16.6. The van der Waals surface area contributed by atoms with Crippen molar-refractivity contribution in [2.24, 2.45) is 0 Å². The second kappa shape index (κ2) is 69.3. The van der Waals surface area contributed by atoms with Gasteiger partial charge in [-0.3, -0.25) is 14.4 Å². The highest BCUT2D eigenvalue weighted by molar-refractivity contribution is 5.71. The number of carbonyl (C=O) groups is 3. The van der Waals surface area contributed by atoms with Crippen molar-refractivity contribution >= 4 is 17.9 Å². The van der Waals surface area contributed by atoms with Gasteiger partial charge in [0.15, 0.2) is 6.10 Å². The minimum atomic E-state index is -0.821. The van der Waals surface area contributed by atoms with Crippen molar-refractivity contribution in [1.82, 2.24) is 0 Å². The van der Waals surface area contributed by atoms with E-state index in [1.165, 1.54) is 96.3 Å². The first-order valence-corrected chi connectivity index (χ1v) is 33.6. The molecule has 466 valence electrons. The predicted molar refractivity (Wildman–Crippen MR) is 361 cm³/mol. The molecule has 0 aromatic rings. The van der Waals surface area contributed by atoms with Crippen molar-refractivity contribution < 1.29 is 28.6 Å². The lowest BCUT2D eigenvalue weighted by Crippen LogP contribution is -2.30. The molecule has 6 heteroatoms. The van der Waals surface area contributed by atoms with Gasteiger partial charge in [0.25, 0.3) is 0 Å². The van der Waals surface area contributed by atoms with E-state index >= 15 is 0 Å². The van der Waals surface area contributed by atoms with E-state index in [1.807, 2.05) is 6.08 Å². The van der Waals surface area contributed by atoms with E-state index in [0.717, 1.165) is 135 Å². The van der Waals surface area contributed by atoms with Crippen LogP contribution in [-0.4, -0.2) is 37.2 Å². The smallest absolute Gasteiger partial charge is 0.306 e. The molecule has 0 aliphatic carbocycles. The molecule has 6 nitrogen and oxygen atoms in total. The molecular weight excluding hydrogens is 1020 g/mol. The van der Waals surface area contributed by atoms with Crippen LogP contribution in [0.4, 0.5) is 0 Å². The van der Waals surface area contributed by atoms with Gasteiger partial charge in [-0.1, -0.05) is 287 Å². The third-order valence-corrected chi connectivity index (χ3v) is 13.7. The summed E-state index contributed by atoms with van der Waals surface area (Å²) >= 11 is 0. The average molecular weight is 1140 g/mol. The zero-order chi connectivity index (χ0) is 59.9. The quantitative estimate of drug-likeness (QED) is 0.0261. The molecule has 0 aromatic heterocycles. The number of rotatable bonds is 59. The van der Waals surface area contributed by atoms with Gasteiger partial charge in [0.2, 0.25) is 0 Å². The van der Waals surface area contributed by atoms with Gasteiger partial charge < -0.3 is 14.2 Å². The van der Waals surface area contributed by atoms with E-state index in [9.17, 15) is 14.4 Å². The van der Waals surface area contributed by atoms with Crippen LogP contribution in [0, 0.1) is 0 Å². The predicted octanol–water partition coefficient (Wildman–Crippen LogP) is 23.4. The van der Waals surface area contributed by atoms with Crippen molar-refractivity contribution in [3.05, 3.63) is 170 Å². The van der Waals surface area contributed by atoms with Crippen molar-refractivity contribution in [3.63, 3.8) is 0 Å². The maximum atomic E-state index is 12.9. The number of allylic oxidation sites excluding steroid dienone is 28. The first-order valence-electron chi connectivity index (χ1n) is 33.6. The van der Waals surface area contributed by atoms with E-state index < -0.39 is 6.10 Å². The van der Waals surface area contributed by atoms with Crippen LogP contribution in [0.25, 0.3) is 0 Å². The van der Waals surface area contributed by atoms with Crippen LogP contribution in [0.15, 0.2) is 170 Å². The van der Waals surface area contributed by atoms with Crippen molar-refractivity contribution in [1.29, 1.82) is 0 Å². The number of ether oxygens (including phenoxy) is 3. The zero-order valence-corrected chi connectivity index (χ0v) is 53.4. The van der Waals surface area contributed by atoms with E-state index in [2.05, 4.69) is 185 Å². The highest BCUT2D eigenvalue weighted by Gasteiger charge is 2.19. The van der Waals surface area contributed by atoms with Crippen molar-refractivity contribution in [3.8, 4) is 0 Å². The molecular formula is C77H122O6. The Balaban J connectivity index is 4.30. The molecule has 0 spiro atoms. The molecule has 0 N–H and O–H groups in total. The Labute approximate surface area is 511 Å². The van der Waals surface area contributed by atoms with Crippen LogP contribution >= 0.6 is 0 Å². The molecule has 0 aliphatic heterocycles. The van der Waals surface area contributed by atoms with Crippen LogP contribution in [0.1, 0.15) is 278 Å². The number of carbonyl (C=O) groups excluding carboxylic acids is 3. The summed E-state index contributed by atoms with van der Waals surface area (Å²) in [7, 11) is 0. The van der Waals surface area contributed by atoms with Crippen LogP contribution in [0.3, 0.4) is 0 Å². The molecule has 0 amide bonds. The monoisotopic (exact) mass is 1140 g/mol. The van der Waals surface area contributed by atoms with E-state index in [0.29, 0.717) is 19.3 Å². The Morgan fingerprint density at radius 2 is 0.494 bits per heavy atom. The average Bonchev–Trinajstić information content (AvgIpc) is 3.49. The summed E-state index contributed by atoms with van der Waals surface area (Å²) in [5, 5.41) is 0. The summed E-state index contributed by atoms with van der Waals surface area (Å²) in [6.07, 6.45) is 102.